The molecule has 0 saturated heterocycles. The predicted molar refractivity (Wildman–Crippen MR) is 77.5 cm³/mol. The molecule has 0 heterocycles. The van der Waals surface area contributed by atoms with Crippen molar-refractivity contribution in [2.24, 2.45) is 0 Å². The lowest BCUT2D eigenvalue weighted by Gasteiger charge is -2.09. The lowest BCUT2D eigenvalue weighted by Crippen LogP contribution is -2.20. The summed E-state index contributed by atoms with van der Waals surface area (Å²) in [5.74, 6) is -0.805. The van der Waals surface area contributed by atoms with Crippen molar-refractivity contribution < 1.29 is 17.9 Å². The molecule has 7 heteroatoms. The molecular formula is C12H16BrNO4S. The third-order valence-electron chi connectivity index (χ3n) is 2.31. The van der Waals surface area contributed by atoms with Crippen LogP contribution in [-0.4, -0.2) is 26.7 Å². The second-order valence-corrected chi connectivity index (χ2v) is 6.64. The molecule has 0 aromatic heterocycles. The molecule has 1 aromatic carbocycles. The van der Waals surface area contributed by atoms with Gasteiger partial charge in [0.1, 0.15) is 0 Å². The molecule has 0 atom stereocenters. The van der Waals surface area contributed by atoms with Gasteiger partial charge in [-0.25, -0.2) is 8.42 Å². The summed E-state index contributed by atoms with van der Waals surface area (Å²) >= 11 is 3.34. The molecule has 0 aliphatic carbocycles. The number of carbonyl (C=O) groups excluding carboxylic acids is 1. The molecule has 0 amide bonds. The normalized spacial score (nSPS) is 11.1. The maximum Gasteiger partial charge on any atom is 0.306 e. The Hall–Kier alpha value is -1.08. The minimum Gasteiger partial charge on any atom is -0.466 e. The predicted octanol–water partition coefficient (Wildman–Crippen LogP) is 2.45. The molecule has 0 fully saturated rings. The number of carbonyl (C=O) groups is 1. The molecule has 0 aliphatic heterocycles. The van der Waals surface area contributed by atoms with Crippen molar-refractivity contribution in [3.05, 3.63) is 28.2 Å². The molecule has 106 valence electrons. The van der Waals surface area contributed by atoms with Gasteiger partial charge in [-0.15, -0.1) is 0 Å². The van der Waals surface area contributed by atoms with E-state index in [1.54, 1.807) is 25.1 Å². The Morgan fingerprint density at radius 2 is 2.11 bits per heavy atom. The maximum atomic E-state index is 11.8. The summed E-state index contributed by atoms with van der Waals surface area (Å²) in [7, 11) is -3.54. The Morgan fingerprint density at radius 3 is 2.68 bits per heavy atom. The molecule has 0 spiro atoms. The monoisotopic (exact) mass is 349 g/mol. The number of ether oxygens (including phenoxy) is 1. The molecule has 0 saturated carbocycles. The van der Waals surface area contributed by atoms with Crippen LogP contribution in [0.3, 0.4) is 0 Å². The minimum absolute atomic E-state index is 0.154. The first-order valence-electron chi connectivity index (χ1n) is 5.76. The lowest BCUT2D eigenvalue weighted by atomic mass is 10.2. The third kappa shape index (κ3) is 5.61. The van der Waals surface area contributed by atoms with Crippen molar-refractivity contribution in [2.45, 2.75) is 20.3 Å². The first kappa shape index (κ1) is 16.0. The molecular weight excluding hydrogens is 334 g/mol. The van der Waals surface area contributed by atoms with Crippen molar-refractivity contribution in [3.63, 3.8) is 0 Å². The highest BCUT2D eigenvalue weighted by Crippen LogP contribution is 2.20. The van der Waals surface area contributed by atoms with E-state index in [1.807, 2.05) is 6.92 Å². The molecule has 1 N–H and O–H groups in total. The first-order valence-corrected chi connectivity index (χ1v) is 8.21. The lowest BCUT2D eigenvalue weighted by molar-refractivity contribution is -0.142. The fourth-order valence-electron chi connectivity index (χ4n) is 1.39. The third-order valence-corrected chi connectivity index (χ3v) is 4.49. The number of hydrogen-bond acceptors (Lipinski definition) is 4. The molecule has 1 aromatic rings. The van der Waals surface area contributed by atoms with Gasteiger partial charge < -0.3 is 4.74 Å². The van der Waals surface area contributed by atoms with E-state index in [0.717, 1.165) is 10.0 Å². The Balaban J connectivity index is 2.64. The van der Waals surface area contributed by atoms with Crippen LogP contribution >= 0.6 is 15.9 Å². The summed E-state index contributed by atoms with van der Waals surface area (Å²) in [5, 5.41) is 0. The van der Waals surface area contributed by atoms with Crippen LogP contribution in [0.4, 0.5) is 5.69 Å². The van der Waals surface area contributed by atoms with Crippen LogP contribution in [0.2, 0.25) is 0 Å². The smallest absolute Gasteiger partial charge is 0.306 e. The van der Waals surface area contributed by atoms with E-state index in [4.69, 9.17) is 0 Å². The van der Waals surface area contributed by atoms with E-state index < -0.39 is 16.0 Å². The largest absolute Gasteiger partial charge is 0.466 e. The standard InChI is InChI=1S/C12H16BrNO4S/c1-3-18-12(15)6-7-19(16,17)14-10-4-5-11(13)9(2)8-10/h4-5,8,14H,3,6-7H2,1-2H3. The second kappa shape index (κ2) is 6.91. The van der Waals surface area contributed by atoms with Crippen LogP contribution in [-0.2, 0) is 19.6 Å². The second-order valence-electron chi connectivity index (χ2n) is 3.94. The number of anilines is 1. The SMILES string of the molecule is CCOC(=O)CCS(=O)(=O)Nc1ccc(Br)c(C)c1. The molecule has 0 unspecified atom stereocenters. The van der Waals surface area contributed by atoms with Gasteiger partial charge in [0.2, 0.25) is 10.0 Å². The van der Waals surface area contributed by atoms with Crippen molar-refractivity contribution in [1.29, 1.82) is 0 Å². The van der Waals surface area contributed by atoms with Crippen LogP contribution in [0, 0.1) is 6.92 Å². The number of benzene rings is 1. The summed E-state index contributed by atoms with van der Waals surface area (Å²) in [6, 6.07) is 5.13. The van der Waals surface area contributed by atoms with Gasteiger partial charge in [0, 0.05) is 10.2 Å². The zero-order valence-electron chi connectivity index (χ0n) is 10.8. The van der Waals surface area contributed by atoms with Gasteiger partial charge in [0.05, 0.1) is 18.8 Å². The van der Waals surface area contributed by atoms with Crippen LogP contribution < -0.4 is 4.72 Å². The van der Waals surface area contributed by atoms with Crippen LogP contribution in [0.1, 0.15) is 18.9 Å². The Labute approximate surface area is 121 Å². The quantitative estimate of drug-likeness (QED) is 0.800. The highest BCUT2D eigenvalue weighted by atomic mass is 79.9. The van der Waals surface area contributed by atoms with Crippen molar-refractivity contribution >= 4 is 37.6 Å². The van der Waals surface area contributed by atoms with Gasteiger partial charge in [-0.05, 0) is 37.6 Å². The first-order chi connectivity index (χ1) is 8.84. The van der Waals surface area contributed by atoms with Crippen molar-refractivity contribution in [3.8, 4) is 0 Å². The van der Waals surface area contributed by atoms with Gasteiger partial charge in [-0.2, -0.15) is 0 Å². The Bertz CT molecular complexity index is 557. The molecule has 19 heavy (non-hydrogen) atoms. The van der Waals surface area contributed by atoms with Crippen molar-refractivity contribution in [1.82, 2.24) is 0 Å². The summed E-state index contributed by atoms with van der Waals surface area (Å²) in [4.78, 5) is 11.1. The maximum absolute atomic E-state index is 11.8. The van der Waals surface area contributed by atoms with Gasteiger partial charge >= 0.3 is 5.97 Å². The number of hydrogen-bond donors (Lipinski definition) is 1. The highest BCUT2D eigenvalue weighted by molar-refractivity contribution is 9.10. The van der Waals surface area contributed by atoms with E-state index in [2.05, 4.69) is 25.4 Å². The molecule has 1 rings (SSSR count). The molecule has 0 aliphatic rings. The number of aryl methyl sites for hydroxylation is 1. The van der Waals surface area contributed by atoms with Crippen LogP contribution in [0.25, 0.3) is 0 Å². The summed E-state index contributed by atoms with van der Waals surface area (Å²) in [5.41, 5.74) is 1.40. The summed E-state index contributed by atoms with van der Waals surface area (Å²) < 4.78 is 31.6. The van der Waals surface area contributed by atoms with E-state index >= 15 is 0 Å². The number of nitrogens with one attached hydrogen (secondary N) is 1. The van der Waals surface area contributed by atoms with Crippen LogP contribution in [0.15, 0.2) is 22.7 Å². The number of esters is 1. The molecule has 0 radical (unpaired) electrons. The number of halogens is 1. The van der Waals surface area contributed by atoms with Gasteiger partial charge in [-0.3, -0.25) is 9.52 Å². The van der Waals surface area contributed by atoms with E-state index in [1.165, 1.54) is 0 Å². The van der Waals surface area contributed by atoms with Crippen LogP contribution in [0.5, 0.6) is 0 Å². The molecule has 5 nitrogen and oxygen atoms in total. The van der Waals surface area contributed by atoms with E-state index in [-0.39, 0.29) is 18.8 Å². The molecule has 0 bridgehead atoms. The summed E-state index contributed by atoms with van der Waals surface area (Å²) in [6.07, 6.45) is -0.154. The van der Waals surface area contributed by atoms with Gasteiger partial charge in [0.25, 0.3) is 0 Å². The van der Waals surface area contributed by atoms with Gasteiger partial charge in [0.15, 0.2) is 0 Å². The number of rotatable bonds is 6. The number of sulfonamides is 1. The van der Waals surface area contributed by atoms with Crippen molar-refractivity contribution in [2.75, 3.05) is 17.1 Å². The Kier molecular flexibility index (Phi) is 5.81. The van der Waals surface area contributed by atoms with Gasteiger partial charge in [-0.1, -0.05) is 15.9 Å². The highest BCUT2D eigenvalue weighted by Gasteiger charge is 2.14. The summed E-state index contributed by atoms with van der Waals surface area (Å²) in [6.45, 7) is 3.79. The zero-order valence-corrected chi connectivity index (χ0v) is 13.2. The minimum atomic E-state index is -3.54. The topological polar surface area (TPSA) is 72.5 Å². The fourth-order valence-corrected chi connectivity index (χ4v) is 2.66. The van der Waals surface area contributed by atoms with E-state index in [0.29, 0.717) is 5.69 Å². The Morgan fingerprint density at radius 1 is 1.42 bits per heavy atom. The zero-order chi connectivity index (χ0) is 14.5. The van der Waals surface area contributed by atoms with E-state index in [9.17, 15) is 13.2 Å². The average molecular weight is 350 g/mol. The average Bonchev–Trinajstić information content (AvgIpc) is 2.32. The fraction of sp³-hybridized carbons (Fsp3) is 0.417.